The van der Waals surface area contributed by atoms with Crippen LogP contribution >= 0.6 is 11.3 Å². The summed E-state index contributed by atoms with van der Waals surface area (Å²) in [5.74, 6) is -2.32. The molecule has 1 aromatic carbocycles. The summed E-state index contributed by atoms with van der Waals surface area (Å²) in [7, 11) is 0. The van der Waals surface area contributed by atoms with Crippen LogP contribution < -0.4 is 25.6 Å². The number of ether oxygens (including phenoxy) is 1. The summed E-state index contributed by atoms with van der Waals surface area (Å²) >= 11 is 1.27. The predicted octanol–water partition coefficient (Wildman–Crippen LogP) is 5.01. The smallest absolute Gasteiger partial charge is 0.489 e. The lowest BCUT2D eigenvalue weighted by molar-refractivity contribution is -0.192. The largest absolute Gasteiger partial charge is 0.490 e. The van der Waals surface area contributed by atoms with E-state index >= 15 is 0 Å². The fourth-order valence-electron chi connectivity index (χ4n) is 4.44. The van der Waals surface area contributed by atoms with Crippen molar-refractivity contribution in [3.8, 4) is 5.75 Å². The lowest BCUT2D eigenvalue weighted by atomic mass is 10.1. The van der Waals surface area contributed by atoms with Gasteiger partial charge < -0.3 is 30.7 Å². The Labute approximate surface area is 243 Å². The number of nitrogens with one attached hydrogen (secondary N) is 3. The number of hydrogen-bond donors (Lipinski definition) is 4. The van der Waals surface area contributed by atoms with Crippen LogP contribution in [0.4, 0.5) is 30.4 Å². The quantitative estimate of drug-likeness (QED) is 0.296. The van der Waals surface area contributed by atoms with Crippen LogP contribution in [0.5, 0.6) is 5.75 Å². The first-order chi connectivity index (χ1) is 20.1. The summed E-state index contributed by atoms with van der Waals surface area (Å²) in [4.78, 5) is 42.0. The van der Waals surface area contributed by atoms with E-state index in [9.17, 15) is 22.8 Å². The van der Waals surface area contributed by atoms with Gasteiger partial charge >= 0.3 is 12.1 Å². The molecule has 224 valence electrons. The van der Waals surface area contributed by atoms with Gasteiger partial charge in [0.1, 0.15) is 22.5 Å². The van der Waals surface area contributed by atoms with Crippen LogP contribution in [0.25, 0.3) is 0 Å². The highest BCUT2D eigenvalue weighted by atomic mass is 32.1. The second-order valence-electron chi connectivity index (χ2n) is 9.53. The monoisotopic (exact) mass is 605 g/mol. The van der Waals surface area contributed by atoms with E-state index in [1.165, 1.54) is 24.2 Å². The van der Waals surface area contributed by atoms with Gasteiger partial charge in [-0.25, -0.2) is 9.78 Å². The Morgan fingerprint density at radius 1 is 1.02 bits per heavy atom. The van der Waals surface area contributed by atoms with Crippen LogP contribution in [-0.2, 0) is 4.79 Å². The number of rotatable bonds is 7. The lowest BCUT2D eigenvalue weighted by Gasteiger charge is -2.26. The fourth-order valence-corrected chi connectivity index (χ4v) is 5.19. The molecule has 4 heterocycles. The first-order valence-electron chi connectivity index (χ1n) is 13.3. The van der Waals surface area contributed by atoms with Gasteiger partial charge in [-0.3, -0.25) is 9.59 Å². The number of pyridine rings is 1. The summed E-state index contributed by atoms with van der Waals surface area (Å²) in [5, 5.41) is 18.0. The van der Waals surface area contributed by atoms with Crippen molar-refractivity contribution in [2.75, 3.05) is 41.7 Å². The number of amides is 2. The number of aliphatic carboxylic acids is 1. The molecule has 2 aromatic heterocycles. The van der Waals surface area contributed by atoms with Crippen molar-refractivity contribution < 1.29 is 37.4 Å². The number of halogens is 3. The average molecular weight is 606 g/mol. The third-order valence-corrected chi connectivity index (χ3v) is 7.44. The molecule has 14 heteroatoms. The summed E-state index contributed by atoms with van der Waals surface area (Å²) in [5.41, 5.74) is 2.01. The topological polar surface area (TPSA) is 133 Å². The van der Waals surface area contributed by atoms with Gasteiger partial charge in [0, 0.05) is 31.0 Å². The highest BCUT2D eigenvalue weighted by Gasteiger charge is 2.38. The number of piperidine rings is 1. The van der Waals surface area contributed by atoms with Crippen LogP contribution in [0.15, 0.2) is 54.0 Å². The molecule has 2 amide bonds. The minimum Gasteiger partial charge on any atom is -0.489 e. The Morgan fingerprint density at radius 2 is 1.74 bits per heavy atom. The maximum Gasteiger partial charge on any atom is 0.490 e. The van der Waals surface area contributed by atoms with Gasteiger partial charge in [-0.2, -0.15) is 13.2 Å². The van der Waals surface area contributed by atoms with Gasteiger partial charge in [-0.1, -0.05) is 6.07 Å². The number of benzene rings is 1. The van der Waals surface area contributed by atoms with Gasteiger partial charge in [0.05, 0.1) is 11.3 Å². The average Bonchev–Trinajstić information content (AvgIpc) is 3.67. The number of hydrogen-bond acceptors (Lipinski definition) is 8. The highest BCUT2D eigenvalue weighted by Crippen LogP contribution is 2.31. The van der Waals surface area contributed by atoms with Crippen molar-refractivity contribution in [2.45, 2.75) is 38.0 Å². The molecule has 4 N–H and O–H groups in total. The number of nitrogens with zero attached hydrogens (tertiary/aromatic N) is 2. The normalized spacial score (nSPS) is 15.4. The number of aromatic nitrogens is 1. The van der Waals surface area contributed by atoms with Gasteiger partial charge in [-0.05, 0) is 74.5 Å². The summed E-state index contributed by atoms with van der Waals surface area (Å²) in [6.07, 6.45) is 0.747. The number of carboxylic acid groups (broad SMARTS) is 1. The van der Waals surface area contributed by atoms with Crippen LogP contribution in [0.1, 0.15) is 45.7 Å². The number of carboxylic acids is 1. The van der Waals surface area contributed by atoms with Gasteiger partial charge in [0.15, 0.2) is 0 Å². The summed E-state index contributed by atoms with van der Waals surface area (Å²) < 4.78 is 38.1. The molecule has 3 aromatic rings. The second kappa shape index (κ2) is 14.1. The van der Waals surface area contributed by atoms with Gasteiger partial charge in [-0.15, -0.1) is 11.3 Å². The van der Waals surface area contributed by atoms with Crippen LogP contribution in [0.3, 0.4) is 0 Å². The van der Waals surface area contributed by atoms with Crippen molar-refractivity contribution in [2.24, 2.45) is 0 Å². The van der Waals surface area contributed by atoms with Crippen molar-refractivity contribution in [3.05, 3.63) is 64.5 Å². The number of alkyl halides is 3. The third kappa shape index (κ3) is 8.42. The van der Waals surface area contributed by atoms with Crippen molar-refractivity contribution in [3.63, 3.8) is 0 Å². The van der Waals surface area contributed by atoms with Crippen molar-refractivity contribution in [1.82, 2.24) is 10.3 Å². The van der Waals surface area contributed by atoms with Gasteiger partial charge in [0.25, 0.3) is 11.8 Å². The van der Waals surface area contributed by atoms with E-state index in [0.29, 0.717) is 27.7 Å². The predicted molar refractivity (Wildman–Crippen MR) is 153 cm³/mol. The molecule has 0 saturated carbocycles. The first-order valence-corrected chi connectivity index (χ1v) is 14.2. The third-order valence-electron chi connectivity index (χ3n) is 6.53. The number of carbonyl (C=O) groups is 3. The second-order valence-corrected chi connectivity index (χ2v) is 10.4. The molecule has 0 bridgehead atoms. The standard InChI is InChI=1S/C26H29N5O3S.C2HF3O2/c32-25(29-21-10-16-35-24(21)26(33)30-23-5-1-2-11-28-23)20-7-6-18(31-14-3-4-15-31)17-22(20)34-19-8-12-27-13-9-19;3-2(4,5)1(6)7/h1-2,5-7,10-11,16-17,19,27H,3-4,8-9,12-15H2,(H,29,32)(H,28,30,33);(H,6,7). The van der Waals surface area contributed by atoms with Crippen LogP contribution in [0.2, 0.25) is 0 Å². The van der Waals surface area contributed by atoms with E-state index in [4.69, 9.17) is 14.6 Å². The van der Waals surface area contributed by atoms with E-state index in [-0.39, 0.29) is 17.9 Å². The number of thiophene rings is 1. The van der Waals surface area contributed by atoms with Crippen molar-refractivity contribution >= 4 is 46.3 Å². The maximum atomic E-state index is 13.4. The van der Waals surface area contributed by atoms with Crippen LogP contribution in [-0.4, -0.2) is 66.3 Å². The number of anilines is 3. The first kappa shape index (κ1) is 30.8. The zero-order valence-electron chi connectivity index (χ0n) is 22.4. The Morgan fingerprint density at radius 3 is 2.38 bits per heavy atom. The molecule has 0 unspecified atom stereocenters. The van der Waals surface area contributed by atoms with Crippen molar-refractivity contribution in [1.29, 1.82) is 0 Å². The Balaban J connectivity index is 0.000000517. The molecule has 2 fully saturated rings. The van der Waals surface area contributed by atoms with Crippen LogP contribution in [0, 0.1) is 0 Å². The van der Waals surface area contributed by atoms with E-state index in [1.807, 2.05) is 18.2 Å². The minimum absolute atomic E-state index is 0.0671. The fraction of sp³-hybridized carbons (Fsp3) is 0.357. The molecule has 0 aliphatic carbocycles. The van der Waals surface area contributed by atoms with E-state index in [1.54, 1.807) is 35.8 Å². The Hall–Kier alpha value is -4.17. The Kier molecular flexibility index (Phi) is 10.4. The molecular weight excluding hydrogens is 575 g/mol. The summed E-state index contributed by atoms with van der Waals surface area (Å²) in [6, 6.07) is 12.8. The Bertz CT molecular complexity index is 1370. The maximum absolute atomic E-state index is 13.4. The molecule has 10 nitrogen and oxygen atoms in total. The molecule has 0 radical (unpaired) electrons. The zero-order chi connectivity index (χ0) is 30.1. The molecule has 5 rings (SSSR count). The zero-order valence-corrected chi connectivity index (χ0v) is 23.3. The molecule has 42 heavy (non-hydrogen) atoms. The van der Waals surface area contributed by atoms with E-state index in [2.05, 4.69) is 25.8 Å². The van der Waals surface area contributed by atoms with E-state index in [0.717, 1.165) is 44.7 Å². The van der Waals surface area contributed by atoms with Gasteiger partial charge in [0.2, 0.25) is 0 Å². The molecule has 0 atom stereocenters. The molecular formula is C28H30F3N5O5S. The number of carbonyl (C=O) groups excluding carboxylic acids is 2. The highest BCUT2D eigenvalue weighted by molar-refractivity contribution is 7.12. The summed E-state index contributed by atoms with van der Waals surface area (Å²) in [6.45, 7) is 3.84. The minimum atomic E-state index is -5.08. The molecule has 2 aliphatic rings. The molecule has 0 spiro atoms. The molecule has 2 saturated heterocycles. The SMILES string of the molecule is O=C(Nc1ccsc1C(=O)Nc1ccccn1)c1ccc(N2CCCC2)cc1OC1CCNCC1.O=C(O)C(F)(F)F. The molecule has 2 aliphatic heterocycles. The lowest BCUT2D eigenvalue weighted by Crippen LogP contribution is -2.34. The van der Waals surface area contributed by atoms with E-state index < -0.39 is 12.1 Å².